The number of methoxy groups -OCH3 is 1. The molecule has 1 aliphatic carbocycles. The third-order valence-corrected chi connectivity index (χ3v) is 7.10. The number of benzene rings is 3. The molecule has 31 heavy (non-hydrogen) atoms. The summed E-state index contributed by atoms with van der Waals surface area (Å²) in [6.07, 6.45) is 3.42. The third kappa shape index (κ3) is 2.76. The van der Waals surface area contributed by atoms with E-state index in [1.807, 2.05) is 6.07 Å². The van der Waals surface area contributed by atoms with Gasteiger partial charge in [0.15, 0.2) is 17.3 Å². The molecule has 2 heterocycles. The molecule has 5 nitrogen and oxygen atoms in total. The number of likely N-dealkylation sites (N-methyl/N-ethyl adjacent to an activating group) is 1. The quantitative estimate of drug-likeness (QED) is 0.588. The molecule has 0 saturated carbocycles. The SMILES string of the molecule is COc1c2c(cc3c1[C@H](CC(=O)c1ccc4c5c(cccc15)CC4)N(C)CC3)OCO2. The van der Waals surface area contributed by atoms with Crippen LogP contribution >= 0.6 is 0 Å². The Morgan fingerprint density at radius 2 is 1.94 bits per heavy atom. The van der Waals surface area contributed by atoms with Crippen LogP contribution in [0.2, 0.25) is 0 Å². The molecule has 3 aromatic carbocycles. The molecule has 0 saturated heterocycles. The maximum atomic E-state index is 13.6. The fraction of sp³-hybridized carbons (Fsp3) is 0.346. The molecule has 0 fully saturated rings. The summed E-state index contributed by atoms with van der Waals surface area (Å²) in [4.78, 5) is 15.9. The maximum absolute atomic E-state index is 13.6. The number of rotatable bonds is 4. The van der Waals surface area contributed by atoms with Gasteiger partial charge in [0.25, 0.3) is 0 Å². The normalized spacial score (nSPS) is 19.0. The molecule has 0 aromatic heterocycles. The van der Waals surface area contributed by atoms with E-state index in [2.05, 4.69) is 42.3 Å². The van der Waals surface area contributed by atoms with Crippen molar-refractivity contribution in [3.05, 3.63) is 64.2 Å². The maximum Gasteiger partial charge on any atom is 0.231 e. The molecule has 6 rings (SSSR count). The van der Waals surface area contributed by atoms with Crippen molar-refractivity contribution in [2.24, 2.45) is 0 Å². The first-order valence-corrected chi connectivity index (χ1v) is 10.9. The van der Waals surface area contributed by atoms with E-state index in [0.717, 1.165) is 48.1 Å². The molecular weight excluding hydrogens is 390 g/mol. The van der Waals surface area contributed by atoms with Crippen LogP contribution < -0.4 is 14.2 Å². The molecule has 158 valence electrons. The fourth-order valence-corrected chi connectivity index (χ4v) is 5.56. The van der Waals surface area contributed by atoms with E-state index in [1.54, 1.807) is 7.11 Å². The summed E-state index contributed by atoms with van der Waals surface area (Å²) < 4.78 is 17.1. The lowest BCUT2D eigenvalue weighted by Crippen LogP contribution is -2.34. The second kappa shape index (κ2) is 6.99. The highest BCUT2D eigenvalue weighted by Gasteiger charge is 2.35. The van der Waals surface area contributed by atoms with Gasteiger partial charge in [-0.15, -0.1) is 0 Å². The molecule has 5 heteroatoms. The van der Waals surface area contributed by atoms with E-state index in [9.17, 15) is 4.79 Å². The molecule has 3 aromatic rings. The zero-order valence-electron chi connectivity index (χ0n) is 17.9. The van der Waals surface area contributed by atoms with Crippen molar-refractivity contribution in [1.82, 2.24) is 4.90 Å². The van der Waals surface area contributed by atoms with Gasteiger partial charge in [-0.05, 0) is 59.8 Å². The number of carbonyl (C=O) groups excluding carboxylic acids is 1. The third-order valence-electron chi connectivity index (χ3n) is 7.10. The lowest BCUT2D eigenvalue weighted by Gasteiger charge is -2.35. The summed E-state index contributed by atoms with van der Waals surface area (Å²) in [6, 6.07) is 12.5. The number of ketones is 1. The summed E-state index contributed by atoms with van der Waals surface area (Å²) >= 11 is 0. The van der Waals surface area contributed by atoms with Crippen molar-refractivity contribution in [2.45, 2.75) is 31.7 Å². The number of hydrogen-bond acceptors (Lipinski definition) is 5. The van der Waals surface area contributed by atoms with Crippen molar-refractivity contribution < 1.29 is 19.0 Å². The number of fused-ring (bicyclic) bond motifs is 2. The number of ether oxygens (including phenoxy) is 3. The highest BCUT2D eigenvalue weighted by atomic mass is 16.7. The number of nitrogens with zero attached hydrogens (tertiary/aromatic N) is 1. The average Bonchev–Trinajstić information content (AvgIpc) is 3.42. The molecule has 0 radical (unpaired) electrons. The van der Waals surface area contributed by atoms with E-state index in [0.29, 0.717) is 17.9 Å². The Morgan fingerprint density at radius 3 is 2.77 bits per heavy atom. The minimum atomic E-state index is -0.0660. The van der Waals surface area contributed by atoms with Crippen LogP contribution in [0.4, 0.5) is 0 Å². The van der Waals surface area contributed by atoms with E-state index in [1.165, 1.54) is 22.1 Å². The van der Waals surface area contributed by atoms with Gasteiger partial charge in [-0.3, -0.25) is 9.69 Å². The van der Waals surface area contributed by atoms with Gasteiger partial charge in [-0.25, -0.2) is 0 Å². The Hall–Kier alpha value is -3.05. The Morgan fingerprint density at radius 1 is 1.10 bits per heavy atom. The summed E-state index contributed by atoms with van der Waals surface area (Å²) in [6.45, 7) is 1.09. The van der Waals surface area contributed by atoms with Gasteiger partial charge < -0.3 is 14.2 Å². The van der Waals surface area contributed by atoms with Crippen LogP contribution in [0.1, 0.15) is 45.1 Å². The van der Waals surface area contributed by atoms with Crippen molar-refractivity contribution in [1.29, 1.82) is 0 Å². The van der Waals surface area contributed by atoms with Crippen LogP contribution in [0.5, 0.6) is 17.2 Å². The number of aryl methyl sites for hydroxylation is 2. The highest BCUT2D eigenvalue weighted by molar-refractivity contribution is 6.10. The van der Waals surface area contributed by atoms with Crippen molar-refractivity contribution in [3.63, 3.8) is 0 Å². The molecule has 1 atom stereocenters. The first-order valence-electron chi connectivity index (χ1n) is 10.9. The molecule has 3 aliphatic rings. The van der Waals surface area contributed by atoms with Crippen LogP contribution in [0.15, 0.2) is 36.4 Å². The lowest BCUT2D eigenvalue weighted by atomic mass is 9.86. The predicted molar refractivity (Wildman–Crippen MR) is 118 cm³/mol. The summed E-state index contributed by atoms with van der Waals surface area (Å²) in [5.74, 6) is 2.26. The minimum absolute atomic E-state index is 0.0660. The fourth-order valence-electron chi connectivity index (χ4n) is 5.56. The summed E-state index contributed by atoms with van der Waals surface area (Å²) in [5.41, 5.74) is 5.77. The first-order chi connectivity index (χ1) is 15.2. The topological polar surface area (TPSA) is 48.0 Å². The predicted octanol–water partition coefficient (Wildman–Crippen LogP) is 4.48. The molecule has 0 amide bonds. The first kappa shape index (κ1) is 18.7. The highest BCUT2D eigenvalue weighted by Crippen LogP contribution is 2.50. The second-order valence-corrected chi connectivity index (χ2v) is 8.70. The monoisotopic (exact) mass is 415 g/mol. The van der Waals surface area contributed by atoms with Gasteiger partial charge in [0.2, 0.25) is 12.5 Å². The van der Waals surface area contributed by atoms with E-state index < -0.39 is 0 Å². The van der Waals surface area contributed by atoms with Gasteiger partial charge in [0.1, 0.15) is 0 Å². The Labute approximate surface area is 181 Å². The zero-order valence-corrected chi connectivity index (χ0v) is 17.9. The Balaban J connectivity index is 1.42. The van der Waals surface area contributed by atoms with Gasteiger partial charge >= 0.3 is 0 Å². The minimum Gasteiger partial charge on any atom is -0.492 e. The molecule has 2 aliphatic heterocycles. The summed E-state index contributed by atoms with van der Waals surface area (Å²) in [7, 11) is 3.74. The van der Waals surface area contributed by atoms with Crippen molar-refractivity contribution in [2.75, 3.05) is 27.5 Å². The van der Waals surface area contributed by atoms with E-state index in [-0.39, 0.29) is 18.6 Å². The van der Waals surface area contributed by atoms with E-state index in [4.69, 9.17) is 14.2 Å². The molecule has 0 unspecified atom stereocenters. The second-order valence-electron chi connectivity index (χ2n) is 8.70. The number of Topliss-reactive ketones (excluding diaryl/α,β-unsaturated/α-hetero) is 1. The van der Waals surface area contributed by atoms with Crippen LogP contribution in [-0.4, -0.2) is 38.2 Å². The average molecular weight is 415 g/mol. The largest absolute Gasteiger partial charge is 0.492 e. The Bertz CT molecular complexity index is 1220. The van der Waals surface area contributed by atoms with Crippen LogP contribution in [0, 0.1) is 0 Å². The zero-order chi connectivity index (χ0) is 21.1. The van der Waals surface area contributed by atoms with Crippen LogP contribution in [0.3, 0.4) is 0 Å². The lowest BCUT2D eigenvalue weighted by molar-refractivity contribution is 0.0927. The Kier molecular flexibility index (Phi) is 4.22. The standard InChI is InChI=1S/C26H25NO4/c1-27-11-10-17-12-22-25(31-14-30-22)26(29-2)24(17)20(27)13-21(28)18-9-8-16-7-6-15-4-3-5-19(18)23(15)16/h3-5,8-9,12,20H,6-7,10-11,13-14H2,1-2H3/t20-/m0/s1. The number of hydrogen-bond donors (Lipinski definition) is 0. The molecule has 0 bridgehead atoms. The van der Waals surface area contributed by atoms with E-state index >= 15 is 0 Å². The van der Waals surface area contributed by atoms with Crippen LogP contribution in [-0.2, 0) is 19.3 Å². The smallest absolute Gasteiger partial charge is 0.231 e. The van der Waals surface area contributed by atoms with Gasteiger partial charge in [-0.2, -0.15) is 0 Å². The van der Waals surface area contributed by atoms with Gasteiger partial charge in [0.05, 0.1) is 7.11 Å². The molecule has 0 N–H and O–H groups in total. The summed E-state index contributed by atoms with van der Waals surface area (Å²) in [5, 5.41) is 2.38. The van der Waals surface area contributed by atoms with Crippen molar-refractivity contribution >= 4 is 16.6 Å². The molecule has 0 spiro atoms. The van der Waals surface area contributed by atoms with Crippen LogP contribution in [0.25, 0.3) is 10.8 Å². The van der Waals surface area contributed by atoms with Crippen molar-refractivity contribution in [3.8, 4) is 17.2 Å². The molecular formula is C26H25NO4. The number of carbonyl (C=O) groups is 1. The van der Waals surface area contributed by atoms with Gasteiger partial charge in [0, 0.05) is 30.1 Å². The van der Waals surface area contributed by atoms with Gasteiger partial charge in [-0.1, -0.05) is 30.3 Å².